The van der Waals surface area contributed by atoms with Crippen LogP contribution in [0.3, 0.4) is 0 Å². The number of nitrogens with one attached hydrogen (secondary N) is 2. The molecule has 0 spiro atoms. The number of ether oxygens (including phenoxy) is 1. The molecule has 2 amide bonds. The standard InChI is InChI=1S/C21H28F2N4O5S/c1-3-27(10-11-28)9-5-4-8-24-21(31)25-19-15(20(29)30)18(26-33-19)32-12-14-7-6-13(2)16(22)17(14)23/h6-7,28H,3-5,8-12H2,1-2H3,(H,29,30)(H2,24,25,31). The van der Waals surface area contributed by atoms with Gasteiger partial charge in [-0.1, -0.05) is 19.1 Å². The largest absolute Gasteiger partial charge is 0.477 e. The molecule has 4 N–H and O–H groups in total. The van der Waals surface area contributed by atoms with Gasteiger partial charge in [0, 0.05) is 18.7 Å². The van der Waals surface area contributed by atoms with Crippen LogP contribution in [-0.4, -0.2) is 64.3 Å². The van der Waals surface area contributed by atoms with Crippen LogP contribution >= 0.6 is 11.5 Å². The first-order valence-corrected chi connectivity index (χ1v) is 11.2. The van der Waals surface area contributed by atoms with Gasteiger partial charge in [0.1, 0.15) is 11.6 Å². The Morgan fingerprint density at radius 2 is 1.97 bits per heavy atom. The molecular formula is C21H28F2N4O5S. The van der Waals surface area contributed by atoms with Crippen molar-refractivity contribution in [2.24, 2.45) is 0 Å². The van der Waals surface area contributed by atoms with Crippen LogP contribution in [0.25, 0.3) is 0 Å². The molecule has 0 unspecified atom stereocenters. The lowest BCUT2D eigenvalue weighted by atomic mass is 10.1. The number of likely N-dealkylation sites (N-methyl/N-ethyl adjacent to an activating group) is 1. The second-order valence-corrected chi connectivity index (χ2v) is 7.97. The molecule has 0 atom stereocenters. The van der Waals surface area contributed by atoms with Crippen LogP contribution in [0.15, 0.2) is 12.1 Å². The van der Waals surface area contributed by atoms with E-state index in [1.165, 1.54) is 19.1 Å². The summed E-state index contributed by atoms with van der Waals surface area (Å²) in [5.41, 5.74) is -0.317. The van der Waals surface area contributed by atoms with E-state index >= 15 is 0 Å². The van der Waals surface area contributed by atoms with Gasteiger partial charge in [-0.2, -0.15) is 4.37 Å². The van der Waals surface area contributed by atoms with E-state index < -0.39 is 30.2 Å². The summed E-state index contributed by atoms with van der Waals surface area (Å²) in [4.78, 5) is 25.9. The van der Waals surface area contributed by atoms with E-state index in [0.29, 0.717) is 31.0 Å². The zero-order chi connectivity index (χ0) is 24.4. The number of hydrogen-bond acceptors (Lipinski definition) is 7. The van der Waals surface area contributed by atoms with E-state index in [9.17, 15) is 23.5 Å². The summed E-state index contributed by atoms with van der Waals surface area (Å²) in [6.07, 6.45) is 1.53. The highest BCUT2D eigenvalue weighted by molar-refractivity contribution is 7.11. The third-order valence-corrected chi connectivity index (χ3v) is 5.62. The fourth-order valence-electron chi connectivity index (χ4n) is 2.97. The Hall–Kier alpha value is -2.83. The number of aromatic nitrogens is 1. The molecule has 1 aromatic carbocycles. The summed E-state index contributed by atoms with van der Waals surface area (Å²) in [6.45, 7) is 5.70. The fourth-order valence-corrected chi connectivity index (χ4v) is 3.69. The lowest BCUT2D eigenvalue weighted by molar-refractivity contribution is 0.0693. The maximum absolute atomic E-state index is 14.0. The average Bonchev–Trinajstić information content (AvgIpc) is 3.18. The number of carbonyl (C=O) groups is 2. The number of aryl methyl sites for hydroxylation is 1. The molecule has 1 aromatic heterocycles. The van der Waals surface area contributed by atoms with Crippen molar-refractivity contribution in [1.29, 1.82) is 0 Å². The number of aliphatic hydroxyl groups is 1. The quantitative estimate of drug-likeness (QED) is 0.321. The number of carbonyl (C=O) groups excluding carboxylic acids is 1. The van der Waals surface area contributed by atoms with E-state index in [0.717, 1.165) is 19.5 Å². The number of nitrogens with zero attached hydrogens (tertiary/aromatic N) is 2. The van der Waals surface area contributed by atoms with E-state index in [1.54, 1.807) is 0 Å². The fraction of sp³-hybridized carbons (Fsp3) is 0.476. The molecule has 0 aliphatic rings. The van der Waals surface area contributed by atoms with Crippen LogP contribution in [0, 0.1) is 18.6 Å². The number of aromatic carboxylic acids is 1. The lowest BCUT2D eigenvalue weighted by Gasteiger charge is -2.18. The lowest BCUT2D eigenvalue weighted by Crippen LogP contribution is -2.31. The number of rotatable bonds is 13. The molecular weight excluding hydrogens is 458 g/mol. The third-order valence-electron chi connectivity index (χ3n) is 4.87. The number of aliphatic hydroxyl groups excluding tert-OH is 1. The van der Waals surface area contributed by atoms with Gasteiger partial charge in [0.15, 0.2) is 17.2 Å². The summed E-state index contributed by atoms with van der Waals surface area (Å²) in [5.74, 6) is -3.75. The van der Waals surface area contributed by atoms with Crippen molar-refractivity contribution in [3.8, 4) is 5.88 Å². The van der Waals surface area contributed by atoms with Crippen molar-refractivity contribution in [1.82, 2.24) is 14.6 Å². The van der Waals surface area contributed by atoms with E-state index in [2.05, 4.69) is 19.9 Å². The number of carboxylic acid groups (broad SMARTS) is 1. The zero-order valence-corrected chi connectivity index (χ0v) is 19.3. The Labute approximate surface area is 194 Å². The minimum atomic E-state index is -1.38. The normalized spacial score (nSPS) is 11.0. The highest BCUT2D eigenvalue weighted by Gasteiger charge is 2.24. The van der Waals surface area contributed by atoms with Gasteiger partial charge in [0.2, 0.25) is 5.88 Å². The Morgan fingerprint density at radius 1 is 1.21 bits per heavy atom. The van der Waals surface area contributed by atoms with Gasteiger partial charge in [0.05, 0.1) is 6.61 Å². The van der Waals surface area contributed by atoms with Crippen molar-refractivity contribution in [2.75, 3.05) is 38.1 Å². The summed E-state index contributed by atoms with van der Waals surface area (Å²) in [5, 5.41) is 23.5. The molecule has 12 heteroatoms. The van der Waals surface area contributed by atoms with Gasteiger partial charge in [-0.3, -0.25) is 5.32 Å². The minimum Gasteiger partial charge on any atom is -0.477 e. The predicted molar refractivity (Wildman–Crippen MR) is 120 cm³/mol. The maximum Gasteiger partial charge on any atom is 0.344 e. The van der Waals surface area contributed by atoms with Gasteiger partial charge in [-0.25, -0.2) is 18.4 Å². The highest BCUT2D eigenvalue weighted by atomic mass is 32.1. The molecule has 0 bridgehead atoms. The number of halogens is 2. The van der Waals surface area contributed by atoms with Gasteiger partial charge >= 0.3 is 12.0 Å². The number of carboxylic acids is 1. The highest BCUT2D eigenvalue weighted by Crippen LogP contribution is 2.31. The van der Waals surface area contributed by atoms with Crippen molar-refractivity contribution in [3.05, 3.63) is 40.5 Å². The molecule has 0 fully saturated rings. The van der Waals surface area contributed by atoms with E-state index in [4.69, 9.17) is 9.84 Å². The molecule has 2 aromatic rings. The second-order valence-electron chi connectivity index (χ2n) is 7.20. The van der Waals surface area contributed by atoms with Gasteiger partial charge in [-0.05, 0) is 50.0 Å². The number of urea groups is 1. The Bertz CT molecular complexity index is 957. The molecule has 0 aliphatic carbocycles. The summed E-state index contributed by atoms with van der Waals surface area (Å²) in [7, 11) is 0. The predicted octanol–water partition coefficient (Wildman–Crippen LogP) is 3.22. The zero-order valence-electron chi connectivity index (χ0n) is 18.5. The van der Waals surface area contributed by atoms with Crippen LogP contribution in [0.2, 0.25) is 0 Å². The Kier molecular flexibility index (Phi) is 10.4. The molecule has 2 rings (SSSR count). The van der Waals surface area contributed by atoms with E-state index in [1.807, 2.05) is 6.92 Å². The summed E-state index contributed by atoms with van der Waals surface area (Å²) in [6, 6.07) is 2.14. The number of unbranched alkanes of at least 4 members (excludes halogenated alkanes) is 1. The van der Waals surface area contributed by atoms with Gasteiger partial charge in [0.25, 0.3) is 0 Å². The van der Waals surface area contributed by atoms with Crippen LogP contribution in [0.5, 0.6) is 5.88 Å². The third kappa shape index (κ3) is 7.62. The molecule has 0 saturated heterocycles. The smallest absolute Gasteiger partial charge is 0.344 e. The molecule has 1 heterocycles. The molecule has 0 radical (unpaired) electrons. The molecule has 0 aliphatic heterocycles. The number of hydrogen-bond donors (Lipinski definition) is 4. The number of amides is 2. The van der Waals surface area contributed by atoms with Crippen LogP contribution in [-0.2, 0) is 6.61 Å². The van der Waals surface area contributed by atoms with Crippen LogP contribution < -0.4 is 15.4 Å². The van der Waals surface area contributed by atoms with Crippen LogP contribution in [0.4, 0.5) is 18.6 Å². The average molecular weight is 487 g/mol. The first kappa shape index (κ1) is 26.4. The summed E-state index contributed by atoms with van der Waals surface area (Å²) >= 11 is 0.708. The van der Waals surface area contributed by atoms with Crippen molar-refractivity contribution in [3.63, 3.8) is 0 Å². The van der Waals surface area contributed by atoms with Crippen molar-refractivity contribution in [2.45, 2.75) is 33.3 Å². The molecule has 9 nitrogen and oxygen atoms in total. The molecule has 33 heavy (non-hydrogen) atoms. The second kappa shape index (κ2) is 13.0. The van der Waals surface area contributed by atoms with Crippen molar-refractivity contribution >= 4 is 28.5 Å². The number of anilines is 1. The van der Waals surface area contributed by atoms with Crippen LogP contribution in [0.1, 0.15) is 41.3 Å². The summed E-state index contributed by atoms with van der Waals surface area (Å²) < 4.78 is 36.9. The number of benzene rings is 1. The van der Waals surface area contributed by atoms with Crippen molar-refractivity contribution < 1.29 is 33.3 Å². The van der Waals surface area contributed by atoms with E-state index in [-0.39, 0.29) is 34.2 Å². The topological polar surface area (TPSA) is 124 Å². The first-order chi connectivity index (χ1) is 15.8. The van der Waals surface area contributed by atoms with Gasteiger partial charge < -0.3 is 25.2 Å². The first-order valence-electron chi connectivity index (χ1n) is 10.5. The SMILES string of the molecule is CCN(CCO)CCCCNC(=O)Nc1snc(OCc2ccc(C)c(F)c2F)c1C(=O)O. The molecule has 0 saturated carbocycles. The molecule has 182 valence electrons. The monoisotopic (exact) mass is 486 g/mol. The minimum absolute atomic E-state index is 0.0364. The van der Waals surface area contributed by atoms with Gasteiger partial charge in [-0.15, -0.1) is 0 Å². The maximum atomic E-state index is 14.0. The Morgan fingerprint density at radius 3 is 2.64 bits per heavy atom. The Balaban J connectivity index is 1.90.